The molecule has 0 saturated carbocycles. The third-order valence-corrected chi connectivity index (χ3v) is 4.78. The summed E-state index contributed by atoms with van der Waals surface area (Å²) in [6.45, 7) is 0.204. The lowest BCUT2D eigenvalue weighted by Crippen LogP contribution is -2.34. The zero-order valence-electron chi connectivity index (χ0n) is 16.2. The molecular formula is C21H17F2N5O2. The van der Waals surface area contributed by atoms with E-state index in [0.29, 0.717) is 40.1 Å². The highest BCUT2D eigenvalue weighted by Gasteiger charge is 2.29. The Morgan fingerprint density at radius 3 is 2.70 bits per heavy atom. The highest BCUT2D eigenvalue weighted by Crippen LogP contribution is 2.37. The van der Waals surface area contributed by atoms with Gasteiger partial charge >= 0.3 is 0 Å². The van der Waals surface area contributed by atoms with Gasteiger partial charge in [-0.2, -0.15) is 10.2 Å². The molecule has 7 nitrogen and oxygen atoms in total. The average molecular weight is 409 g/mol. The summed E-state index contributed by atoms with van der Waals surface area (Å²) in [6.07, 6.45) is 1.53. The Kier molecular flexibility index (Phi) is 5.06. The molecule has 1 atom stereocenters. The summed E-state index contributed by atoms with van der Waals surface area (Å²) in [4.78, 5) is 10.5. The lowest BCUT2D eigenvalue weighted by molar-refractivity contribution is 0.264. The first kappa shape index (κ1) is 19.4. The fourth-order valence-electron chi connectivity index (χ4n) is 3.28. The fourth-order valence-corrected chi connectivity index (χ4v) is 3.28. The van der Waals surface area contributed by atoms with Gasteiger partial charge in [0.25, 0.3) is 0 Å². The molecule has 30 heavy (non-hydrogen) atoms. The van der Waals surface area contributed by atoms with E-state index in [-0.39, 0.29) is 6.61 Å². The number of nitrogens with one attached hydrogen (secondary N) is 1. The maximum Gasteiger partial charge on any atom is 0.229 e. The Labute approximate surface area is 171 Å². The Balaban J connectivity index is 1.62. The molecule has 4 rings (SSSR count). The summed E-state index contributed by atoms with van der Waals surface area (Å²) in [5.41, 5.74) is 1.49. The van der Waals surface area contributed by atoms with Crippen molar-refractivity contribution in [2.75, 3.05) is 31.0 Å². The molecule has 1 aliphatic rings. The van der Waals surface area contributed by atoms with Crippen LogP contribution in [0.5, 0.6) is 11.5 Å². The smallest absolute Gasteiger partial charge is 0.229 e. The largest absolute Gasteiger partial charge is 0.495 e. The maximum atomic E-state index is 13.7. The molecule has 0 fully saturated rings. The van der Waals surface area contributed by atoms with Crippen LogP contribution in [0.4, 0.5) is 26.2 Å². The van der Waals surface area contributed by atoms with Crippen molar-refractivity contribution in [2.24, 2.45) is 0 Å². The van der Waals surface area contributed by atoms with Gasteiger partial charge in [0.1, 0.15) is 30.1 Å². The van der Waals surface area contributed by atoms with Gasteiger partial charge in [0, 0.05) is 24.9 Å². The molecule has 9 heteroatoms. The summed E-state index contributed by atoms with van der Waals surface area (Å²) >= 11 is 0. The standard InChI is InChI=1S/C21H17F2N5O2/c1-28-17(13-5-14(22)7-15(23)6-13)11-30-19-10-25-21(27-20(19)28)26-16-4-3-12(9-24)18(8-16)29-2/h3-8,10,17H,11H2,1-2H3,(H,25,26,27). The lowest BCUT2D eigenvalue weighted by atomic mass is 10.0. The van der Waals surface area contributed by atoms with Gasteiger partial charge in [-0.1, -0.05) is 0 Å². The van der Waals surface area contributed by atoms with Gasteiger partial charge in [0.05, 0.1) is 24.9 Å². The molecule has 1 aromatic heterocycles. The van der Waals surface area contributed by atoms with E-state index in [0.717, 1.165) is 6.07 Å². The number of nitrogens with zero attached hydrogens (tertiary/aromatic N) is 4. The van der Waals surface area contributed by atoms with Crippen LogP contribution < -0.4 is 19.7 Å². The summed E-state index contributed by atoms with van der Waals surface area (Å²) in [7, 11) is 3.26. The molecule has 0 amide bonds. The summed E-state index contributed by atoms with van der Waals surface area (Å²) in [5.74, 6) is 0.367. The number of aromatic nitrogens is 2. The quantitative estimate of drug-likeness (QED) is 0.699. The Morgan fingerprint density at radius 1 is 1.23 bits per heavy atom. The average Bonchev–Trinajstić information content (AvgIpc) is 2.73. The SMILES string of the molecule is COc1cc(Nc2ncc3c(n2)N(C)C(c2cc(F)cc(F)c2)CO3)ccc1C#N. The highest BCUT2D eigenvalue weighted by atomic mass is 19.1. The molecule has 0 radical (unpaired) electrons. The third kappa shape index (κ3) is 3.67. The van der Waals surface area contributed by atoms with Crippen LogP contribution in [-0.2, 0) is 0 Å². The molecule has 2 heterocycles. The van der Waals surface area contributed by atoms with Crippen LogP contribution in [-0.4, -0.2) is 30.7 Å². The van der Waals surface area contributed by atoms with Crippen LogP contribution in [0.1, 0.15) is 17.2 Å². The van der Waals surface area contributed by atoms with E-state index in [1.165, 1.54) is 25.4 Å². The van der Waals surface area contributed by atoms with Gasteiger partial charge in [0.2, 0.25) is 5.95 Å². The molecule has 152 valence electrons. The lowest BCUT2D eigenvalue weighted by Gasteiger charge is -2.35. The van der Waals surface area contributed by atoms with E-state index in [1.807, 2.05) is 0 Å². The van der Waals surface area contributed by atoms with Gasteiger partial charge in [-0.15, -0.1) is 0 Å². The molecule has 1 aliphatic heterocycles. The van der Waals surface area contributed by atoms with E-state index >= 15 is 0 Å². The van der Waals surface area contributed by atoms with Crippen molar-refractivity contribution in [3.05, 3.63) is 65.4 Å². The second-order valence-corrected chi connectivity index (χ2v) is 6.67. The zero-order chi connectivity index (χ0) is 21.3. The van der Waals surface area contributed by atoms with Gasteiger partial charge in [0.15, 0.2) is 11.6 Å². The number of benzene rings is 2. The molecule has 1 unspecified atom stereocenters. The minimum atomic E-state index is -0.649. The number of nitriles is 1. The number of halogens is 2. The van der Waals surface area contributed by atoms with Crippen molar-refractivity contribution in [1.82, 2.24) is 9.97 Å². The number of fused-ring (bicyclic) bond motifs is 1. The molecule has 2 aromatic carbocycles. The number of hydrogen-bond acceptors (Lipinski definition) is 7. The molecule has 0 aliphatic carbocycles. The first-order valence-electron chi connectivity index (χ1n) is 9.02. The van der Waals surface area contributed by atoms with Crippen LogP contribution in [0.15, 0.2) is 42.6 Å². The van der Waals surface area contributed by atoms with E-state index in [4.69, 9.17) is 14.7 Å². The highest BCUT2D eigenvalue weighted by molar-refractivity contribution is 5.63. The van der Waals surface area contributed by atoms with Gasteiger partial charge in [-0.3, -0.25) is 0 Å². The first-order chi connectivity index (χ1) is 14.5. The number of likely N-dealkylation sites (N-methyl/N-ethyl adjacent to an activating group) is 1. The summed E-state index contributed by atoms with van der Waals surface area (Å²) in [5, 5.41) is 12.2. The van der Waals surface area contributed by atoms with Crippen LogP contribution in [0.25, 0.3) is 0 Å². The van der Waals surface area contributed by atoms with E-state index in [9.17, 15) is 8.78 Å². The van der Waals surface area contributed by atoms with Gasteiger partial charge in [-0.05, 0) is 29.8 Å². The van der Waals surface area contributed by atoms with Crippen LogP contribution in [0.3, 0.4) is 0 Å². The molecule has 3 aromatic rings. The monoisotopic (exact) mass is 409 g/mol. The number of rotatable bonds is 4. The second-order valence-electron chi connectivity index (χ2n) is 6.67. The van der Waals surface area contributed by atoms with Crippen molar-refractivity contribution < 1.29 is 18.3 Å². The molecular weight excluding hydrogens is 392 g/mol. The first-order valence-corrected chi connectivity index (χ1v) is 9.02. The molecule has 0 saturated heterocycles. The predicted octanol–water partition coefficient (Wildman–Crippen LogP) is 3.95. The van der Waals surface area contributed by atoms with Crippen molar-refractivity contribution in [3.8, 4) is 17.6 Å². The van der Waals surface area contributed by atoms with Crippen molar-refractivity contribution in [2.45, 2.75) is 6.04 Å². The predicted molar refractivity (Wildman–Crippen MR) is 106 cm³/mol. The Bertz CT molecular complexity index is 1130. The normalized spacial score (nSPS) is 15.0. The summed E-state index contributed by atoms with van der Waals surface area (Å²) < 4.78 is 38.3. The minimum absolute atomic E-state index is 0.204. The van der Waals surface area contributed by atoms with Crippen LogP contribution >= 0.6 is 0 Å². The van der Waals surface area contributed by atoms with Crippen molar-refractivity contribution in [3.63, 3.8) is 0 Å². The Morgan fingerprint density at radius 2 is 2.00 bits per heavy atom. The number of methoxy groups -OCH3 is 1. The van der Waals surface area contributed by atoms with Crippen LogP contribution in [0.2, 0.25) is 0 Å². The molecule has 0 bridgehead atoms. The fraction of sp³-hybridized carbons (Fsp3) is 0.190. The number of anilines is 3. The second kappa shape index (κ2) is 7.83. The van der Waals surface area contributed by atoms with E-state index in [1.54, 1.807) is 30.1 Å². The van der Waals surface area contributed by atoms with E-state index in [2.05, 4.69) is 21.4 Å². The topological polar surface area (TPSA) is 83.3 Å². The van der Waals surface area contributed by atoms with Crippen molar-refractivity contribution in [1.29, 1.82) is 5.26 Å². The zero-order valence-corrected chi connectivity index (χ0v) is 16.2. The Hall–Kier alpha value is -3.93. The third-order valence-electron chi connectivity index (χ3n) is 4.78. The van der Waals surface area contributed by atoms with E-state index < -0.39 is 17.7 Å². The summed E-state index contributed by atoms with van der Waals surface area (Å²) in [6, 6.07) is 10.0. The number of ether oxygens (including phenoxy) is 2. The minimum Gasteiger partial charge on any atom is -0.495 e. The van der Waals surface area contributed by atoms with Crippen LogP contribution in [0, 0.1) is 23.0 Å². The maximum absolute atomic E-state index is 13.7. The molecule has 0 spiro atoms. The van der Waals surface area contributed by atoms with Gasteiger partial charge in [-0.25, -0.2) is 13.8 Å². The molecule has 1 N–H and O–H groups in total. The van der Waals surface area contributed by atoms with Gasteiger partial charge < -0.3 is 19.7 Å². The number of hydrogen-bond donors (Lipinski definition) is 1. The van der Waals surface area contributed by atoms with Crippen molar-refractivity contribution >= 4 is 17.5 Å².